The topological polar surface area (TPSA) is 44.8 Å². The van der Waals surface area contributed by atoms with Crippen LogP contribution in [0.4, 0.5) is 5.69 Å². The van der Waals surface area contributed by atoms with Gasteiger partial charge in [0.2, 0.25) is 0 Å². The standard InChI is InChI=1S/C20H30N4/c1-12(2)18-9-15(13(3)19-14(4)22-11-23-19)7-16-8-17(24(5)6)10-21-20(16)18/h8,10-13,15,18H,7,9H2,1-6H3,(H,22,23)/t13-,15?,18?/m0/s1. The Kier molecular flexibility index (Phi) is 4.66. The minimum Gasteiger partial charge on any atom is -0.376 e. The van der Waals surface area contributed by atoms with Gasteiger partial charge in [-0.05, 0) is 43.2 Å². The van der Waals surface area contributed by atoms with Gasteiger partial charge >= 0.3 is 0 Å². The van der Waals surface area contributed by atoms with Crippen LogP contribution in [0.25, 0.3) is 0 Å². The number of hydrogen-bond acceptors (Lipinski definition) is 3. The molecule has 0 saturated heterocycles. The Balaban J connectivity index is 1.95. The normalized spacial score (nSPS) is 21.6. The first-order chi connectivity index (χ1) is 11.4. The molecule has 2 unspecified atom stereocenters. The second-order valence-corrected chi connectivity index (χ2v) is 7.87. The first-order valence-electron chi connectivity index (χ1n) is 9.04. The van der Waals surface area contributed by atoms with Crippen LogP contribution in [-0.4, -0.2) is 29.0 Å². The van der Waals surface area contributed by atoms with Crippen molar-refractivity contribution < 1.29 is 0 Å². The molecule has 24 heavy (non-hydrogen) atoms. The van der Waals surface area contributed by atoms with Crippen molar-refractivity contribution in [2.75, 3.05) is 19.0 Å². The maximum Gasteiger partial charge on any atom is 0.0925 e. The Morgan fingerprint density at radius 2 is 1.96 bits per heavy atom. The van der Waals surface area contributed by atoms with E-state index in [9.17, 15) is 0 Å². The average molecular weight is 326 g/mol. The number of fused-ring (bicyclic) bond motifs is 1. The van der Waals surface area contributed by atoms with Crippen molar-refractivity contribution in [2.45, 2.75) is 52.4 Å². The smallest absolute Gasteiger partial charge is 0.0925 e. The summed E-state index contributed by atoms with van der Waals surface area (Å²) in [7, 11) is 4.17. The van der Waals surface area contributed by atoms with E-state index >= 15 is 0 Å². The number of aromatic nitrogens is 3. The second-order valence-electron chi connectivity index (χ2n) is 7.87. The van der Waals surface area contributed by atoms with Crippen LogP contribution in [-0.2, 0) is 6.42 Å². The van der Waals surface area contributed by atoms with E-state index in [1.165, 1.54) is 29.1 Å². The summed E-state index contributed by atoms with van der Waals surface area (Å²) >= 11 is 0. The number of H-pyrrole nitrogens is 1. The molecule has 2 heterocycles. The van der Waals surface area contributed by atoms with Crippen molar-refractivity contribution in [3.8, 4) is 0 Å². The van der Waals surface area contributed by atoms with Gasteiger partial charge in [-0.2, -0.15) is 0 Å². The molecule has 3 rings (SSSR count). The van der Waals surface area contributed by atoms with Crippen molar-refractivity contribution in [3.63, 3.8) is 0 Å². The van der Waals surface area contributed by atoms with E-state index in [0.717, 1.165) is 12.1 Å². The third kappa shape index (κ3) is 3.06. The summed E-state index contributed by atoms with van der Waals surface area (Å²) in [5.74, 6) is 2.27. The summed E-state index contributed by atoms with van der Waals surface area (Å²) < 4.78 is 0. The van der Waals surface area contributed by atoms with Gasteiger partial charge in [0.25, 0.3) is 0 Å². The molecule has 1 aliphatic carbocycles. The molecule has 0 amide bonds. The molecule has 0 radical (unpaired) electrons. The zero-order valence-corrected chi connectivity index (χ0v) is 15.8. The van der Waals surface area contributed by atoms with Crippen molar-refractivity contribution in [1.82, 2.24) is 15.0 Å². The van der Waals surface area contributed by atoms with Gasteiger partial charge in [0, 0.05) is 37.3 Å². The van der Waals surface area contributed by atoms with E-state index in [1.807, 2.05) is 12.5 Å². The van der Waals surface area contributed by atoms with E-state index < -0.39 is 0 Å². The number of anilines is 1. The molecule has 1 aliphatic rings. The van der Waals surface area contributed by atoms with Crippen LogP contribution in [0.5, 0.6) is 0 Å². The Labute approximate surface area is 145 Å². The monoisotopic (exact) mass is 326 g/mol. The summed E-state index contributed by atoms with van der Waals surface area (Å²) in [6.07, 6.45) is 6.16. The van der Waals surface area contributed by atoms with Gasteiger partial charge in [-0.3, -0.25) is 4.98 Å². The molecule has 3 atom stereocenters. The van der Waals surface area contributed by atoms with Gasteiger partial charge < -0.3 is 9.88 Å². The number of imidazole rings is 1. The SMILES string of the molecule is Cc1nc[nH]c1[C@@H](C)C1Cc2cc(N(C)C)cnc2C(C(C)C)C1. The van der Waals surface area contributed by atoms with Crippen molar-refractivity contribution in [3.05, 3.63) is 41.2 Å². The van der Waals surface area contributed by atoms with Gasteiger partial charge in [0.1, 0.15) is 0 Å². The van der Waals surface area contributed by atoms with Crippen molar-refractivity contribution >= 4 is 5.69 Å². The highest BCUT2D eigenvalue weighted by atomic mass is 15.1. The Morgan fingerprint density at radius 3 is 2.54 bits per heavy atom. The number of rotatable bonds is 4. The maximum absolute atomic E-state index is 4.86. The highest BCUT2D eigenvalue weighted by molar-refractivity contribution is 5.48. The van der Waals surface area contributed by atoms with Crippen LogP contribution in [0.3, 0.4) is 0 Å². The molecule has 4 heteroatoms. The summed E-state index contributed by atoms with van der Waals surface area (Å²) in [4.78, 5) is 14.8. The minimum absolute atomic E-state index is 0.491. The summed E-state index contributed by atoms with van der Waals surface area (Å²) in [6.45, 7) is 9.09. The predicted octanol–water partition coefficient (Wildman–Crippen LogP) is 4.28. The van der Waals surface area contributed by atoms with E-state index in [1.54, 1.807) is 0 Å². The Bertz CT molecular complexity index is 701. The van der Waals surface area contributed by atoms with Gasteiger partial charge in [-0.1, -0.05) is 20.8 Å². The van der Waals surface area contributed by atoms with Crippen LogP contribution >= 0.6 is 0 Å². The molecule has 0 aliphatic heterocycles. The quantitative estimate of drug-likeness (QED) is 0.912. The molecule has 1 N–H and O–H groups in total. The fraction of sp³-hybridized carbons (Fsp3) is 0.600. The number of aryl methyl sites for hydroxylation is 1. The lowest BCUT2D eigenvalue weighted by molar-refractivity contribution is 0.303. The third-order valence-electron chi connectivity index (χ3n) is 5.73. The molecule has 2 aromatic rings. The number of pyridine rings is 1. The number of nitrogens with zero attached hydrogens (tertiary/aromatic N) is 3. The van der Waals surface area contributed by atoms with E-state index in [0.29, 0.717) is 23.7 Å². The maximum atomic E-state index is 4.86. The highest BCUT2D eigenvalue weighted by Crippen LogP contribution is 2.44. The van der Waals surface area contributed by atoms with Crippen molar-refractivity contribution in [2.24, 2.45) is 11.8 Å². The van der Waals surface area contributed by atoms with Gasteiger partial charge in [-0.15, -0.1) is 0 Å². The molecule has 0 aromatic carbocycles. The van der Waals surface area contributed by atoms with E-state index in [-0.39, 0.29) is 0 Å². The summed E-state index contributed by atoms with van der Waals surface area (Å²) in [5, 5.41) is 0. The molecule has 0 spiro atoms. The summed E-state index contributed by atoms with van der Waals surface area (Å²) in [6, 6.07) is 2.34. The number of hydrogen-bond donors (Lipinski definition) is 1. The molecule has 2 aromatic heterocycles. The van der Waals surface area contributed by atoms with Gasteiger partial charge in [0.05, 0.1) is 23.9 Å². The van der Waals surface area contributed by atoms with Crippen LogP contribution < -0.4 is 4.90 Å². The zero-order valence-electron chi connectivity index (χ0n) is 15.8. The van der Waals surface area contributed by atoms with Crippen LogP contribution in [0.2, 0.25) is 0 Å². The molecular formula is C20H30N4. The average Bonchev–Trinajstić information content (AvgIpc) is 2.98. The van der Waals surface area contributed by atoms with Crippen LogP contribution in [0.15, 0.2) is 18.6 Å². The Morgan fingerprint density at radius 1 is 1.21 bits per heavy atom. The van der Waals surface area contributed by atoms with Crippen LogP contribution in [0.1, 0.15) is 61.7 Å². The molecule has 0 fully saturated rings. The van der Waals surface area contributed by atoms with Gasteiger partial charge in [-0.25, -0.2) is 4.98 Å². The first kappa shape index (κ1) is 17.0. The lowest BCUT2D eigenvalue weighted by Crippen LogP contribution is -2.27. The fourth-order valence-corrected chi connectivity index (χ4v) is 4.09. The van der Waals surface area contributed by atoms with Gasteiger partial charge in [0.15, 0.2) is 0 Å². The molecular weight excluding hydrogens is 296 g/mol. The molecule has 4 nitrogen and oxygen atoms in total. The van der Waals surface area contributed by atoms with Crippen molar-refractivity contribution in [1.29, 1.82) is 0 Å². The molecule has 0 saturated carbocycles. The number of nitrogens with one attached hydrogen (secondary N) is 1. The molecule has 0 bridgehead atoms. The zero-order chi connectivity index (χ0) is 17.4. The Hall–Kier alpha value is -1.84. The molecule has 130 valence electrons. The highest BCUT2D eigenvalue weighted by Gasteiger charge is 2.34. The predicted molar refractivity (Wildman–Crippen MR) is 99.7 cm³/mol. The first-order valence-corrected chi connectivity index (χ1v) is 9.04. The summed E-state index contributed by atoms with van der Waals surface area (Å²) in [5.41, 5.74) is 6.38. The van der Waals surface area contributed by atoms with E-state index in [4.69, 9.17) is 4.98 Å². The number of aromatic amines is 1. The lowest BCUT2D eigenvalue weighted by atomic mass is 9.70. The van der Waals surface area contributed by atoms with E-state index in [2.05, 4.69) is 62.7 Å². The van der Waals surface area contributed by atoms with Crippen LogP contribution in [0, 0.1) is 18.8 Å². The third-order valence-corrected chi connectivity index (χ3v) is 5.73. The largest absolute Gasteiger partial charge is 0.376 e. The minimum atomic E-state index is 0.491. The lowest BCUT2D eigenvalue weighted by Gasteiger charge is -2.36. The second kappa shape index (κ2) is 6.58. The fourth-order valence-electron chi connectivity index (χ4n) is 4.09.